The first-order valence-corrected chi connectivity index (χ1v) is 9.70. The largest absolute Gasteiger partial charge is 1.00 e. The number of hydrogen-bond acceptors (Lipinski definition) is 2. The summed E-state index contributed by atoms with van der Waals surface area (Å²) in [6.45, 7) is 11.8. The van der Waals surface area contributed by atoms with Crippen molar-refractivity contribution in [2.24, 2.45) is 0 Å². The first kappa shape index (κ1) is 22.4. The lowest BCUT2D eigenvalue weighted by molar-refractivity contribution is -0.923. The van der Waals surface area contributed by atoms with Gasteiger partial charge in [-0.25, -0.2) is 0 Å². The van der Waals surface area contributed by atoms with Crippen molar-refractivity contribution < 1.29 is 38.0 Å². The molecule has 0 saturated heterocycles. The van der Waals surface area contributed by atoms with Gasteiger partial charge >= 0.3 is 5.97 Å². The smallest absolute Gasteiger partial charge is 0.316 e. The normalized spacial score (nSPS) is 16.3. The summed E-state index contributed by atoms with van der Waals surface area (Å²) in [5, 5.41) is 0. The van der Waals surface area contributed by atoms with Gasteiger partial charge in [0.2, 0.25) is 0 Å². The van der Waals surface area contributed by atoms with E-state index in [4.69, 9.17) is 4.74 Å². The van der Waals surface area contributed by atoms with Gasteiger partial charge in [0.15, 0.2) is 0 Å². The van der Waals surface area contributed by atoms with Gasteiger partial charge in [-0.15, -0.1) is 0 Å². The molecule has 1 fully saturated rings. The molecule has 2 rings (SSSR count). The van der Waals surface area contributed by atoms with Crippen molar-refractivity contribution in [1.29, 1.82) is 0 Å². The highest BCUT2D eigenvalue weighted by Gasteiger charge is 2.44. The Kier molecular flexibility index (Phi) is 9.43. The summed E-state index contributed by atoms with van der Waals surface area (Å²) in [4.78, 5) is 12.9. The minimum absolute atomic E-state index is 0. The molecule has 1 aliphatic rings. The van der Waals surface area contributed by atoms with Crippen molar-refractivity contribution in [2.75, 3.05) is 32.8 Å². The molecule has 1 aliphatic carbocycles. The molecule has 1 aromatic carbocycles. The van der Waals surface area contributed by atoms with Crippen LogP contribution in [0.3, 0.4) is 0 Å². The van der Waals surface area contributed by atoms with Crippen molar-refractivity contribution in [2.45, 2.75) is 58.3 Å². The maximum Gasteiger partial charge on any atom is 0.316 e. The van der Waals surface area contributed by atoms with Gasteiger partial charge in [0.1, 0.15) is 0 Å². The summed E-state index contributed by atoms with van der Waals surface area (Å²) in [6, 6.07) is 10.2. The molecule has 0 spiro atoms. The molecule has 0 amide bonds. The molecule has 0 aliphatic heterocycles. The van der Waals surface area contributed by atoms with E-state index in [9.17, 15) is 4.79 Å². The zero-order valence-corrected chi connectivity index (χ0v) is 18.3. The van der Waals surface area contributed by atoms with E-state index < -0.39 is 5.41 Å². The van der Waals surface area contributed by atoms with E-state index in [2.05, 4.69) is 32.9 Å². The summed E-state index contributed by atoms with van der Waals surface area (Å²) in [5.74, 6) is -0.00574. The Morgan fingerprint density at radius 3 is 2.12 bits per heavy atom. The number of carbonyl (C=O) groups excluding carboxylic acids is 1. The van der Waals surface area contributed by atoms with E-state index in [0.717, 1.165) is 68.3 Å². The van der Waals surface area contributed by atoms with Gasteiger partial charge in [-0.1, -0.05) is 43.2 Å². The number of rotatable bonds is 9. The molecule has 142 valence electrons. The quantitative estimate of drug-likeness (QED) is 0.241. The molecule has 25 heavy (non-hydrogen) atoms. The second-order valence-corrected chi connectivity index (χ2v) is 7.16. The standard InChI is InChI=1S/C21H34NO2.HI/c1-4-22(5-2,6-3)17-12-18-24-20(23)21(15-10-11-16-21)19-13-8-7-9-14-19;/h7-9,13-14H,4-6,10-12,15-18H2,1-3H3;1H/q+1;/p-1. The van der Waals surface area contributed by atoms with Crippen molar-refractivity contribution >= 4 is 5.97 Å². The van der Waals surface area contributed by atoms with E-state index in [-0.39, 0.29) is 29.9 Å². The van der Waals surface area contributed by atoms with Crippen molar-refractivity contribution in [3.63, 3.8) is 0 Å². The Bertz CT molecular complexity index is 500. The highest BCUT2D eigenvalue weighted by Crippen LogP contribution is 2.42. The lowest BCUT2D eigenvalue weighted by Gasteiger charge is -2.36. The fourth-order valence-corrected chi connectivity index (χ4v) is 4.19. The first-order valence-electron chi connectivity index (χ1n) is 9.70. The molecule has 0 unspecified atom stereocenters. The van der Waals surface area contributed by atoms with Crippen LogP contribution in [0, 0.1) is 0 Å². The molecule has 1 saturated carbocycles. The van der Waals surface area contributed by atoms with Crippen LogP contribution in [0.1, 0.15) is 58.4 Å². The SMILES string of the molecule is CC[N+](CC)(CC)CCCOC(=O)C1(c2ccccc2)CCCC1.[I-]. The third-order valence-electron chi connectivity index (χ3n) is 6.20. The summed E-state index contributed by atoms with van der Waals surface area (Å²) in [5.41, 5.74) is 0.737. The zero-order chi connectivity index (χ0) is 17.5. The molecule has 0 aromatic heterocycles. The Morgan fingerprint density at radius 2 is 1.60 bits per heavy atom. The second-order valence-electron chi connectivity index (χ2n) is 7.16. The van der Waals surface area contributed by atoms with Crippen LogP contribution in [0.15, 0.2) is 30.3 Å². The lowest BCUT2D eigenvalue weighted by atomic mass is 9.79. The van der Waals surface area contributed by atoms with Crippen molar-refractivity contribution in [3.8, 4) is 0 Å². The number of esters is 1. The fraction of sp³-hybridized carbons (Fsp3) is 0.667. The summed E-state index contributed by atoms with van der Waals surface area (Å²) in [7, 11) is 0. The first-order chi connectivity index (χ1) is 11.6. The third kappa shape index (κ3) is 5.19. The Balaban J connectivity index is 0.00000312. The molecule has 0 bridgehead atoms. The summed E-state index contributed by atoms with van der Waals surface area (Å²) in [6.07, 6.45) is 5.03. The topological polar surface area (TPSA) is 26.3 Å². The minimum Gasteiger partial charge on any atom is -1.00 e. The van der Waals surface area contributed by atoms with Gasteiger partial charge in [-0.2, -0.15) is 0 Å². The number of nitrogens with zero attached hydrogens (tertiary/aromatic N) is 1. The van der Waals surface area contributed by atoms with Gasteiger partial charge in [0, 0.05) is 6.42 Å². The lowest BCUT2D eigenvalue weighted by Crippen LogP contribution is -3.00. The van der Waals surface area contributed by atoms with Crippen molar-refractivity contribution in [1.82, 2.24) is 0 Å². The monoisotopic (exact) mass is 459 g/mol. The predicted molar refractivity (Wildman–Crippen MR) is 98.9 cm³/mol. The van der Waals surface area contributed by atoms with Crippen LogP contribution >= 0.6 is 0 Å². The van der Waals surface area contributed by atoms with Gasteiger partial charge in [-0.3, -0.25) is 4.79 Å². The van der Waals surface area contributed by atoms with Crippen LogP contribution in [0.4, 0.5) is 0 Å². The highest BCUT2D eigenvalue weighted by molar-refractivity contribution is 5.83. The Labute approximate surface area is 170 Å². The van der Waals surface area contributed by atoms with Gasteiger partial charge in [0.05, 0.1) is 38.2 Å². The molecule has 1 aromatic rings. The summed E-state index contributed by atoms with van der Waals surface area (Å²) < 4.78 is 6.88. The van der Waals surface area contributed by atoms with Crippen LogP contribution in [-0.4, -0.2) is 43.2 Å². The second kappa shape index (κ2) is 10.5. The van der Waals surface area contributed by atoms with E-state index >= 15 is 0 Å². The zero-order valence-electron chi connectivity index (χ0n) is 16.1. The molecule has 3 nitrogen and oxygen atoms in total. The molecular formula is C21H34INO2. The third-order valence-corrected chi connectivity index (χ3v) is 6.20. The minimum atomic E-state index is -0.395. The predicted octanol–water partition coefficient (Wildman–Crippen LogP) is 1.31. The highest BCUT2D eigenvalue weighted by atomic mass is 127. The van der Waals surface area contributed by atoms with Crippen LogP contribution in [0.25, 0.3) is 0 Å². The van der Waals surface area contributed by atoms with Gasteiger partial charge in [0.25, 0.3) is 0 Å². The van der Waals surface area contributed by atoms with Crippen LogP contribution in [0.2, 0.25) is 0 Å². The molecule has 0 atom stereocenters. The van der Waals surface area contributed by atoms with Crippen LogP contribution < -0.4 is 24.0 Å². The number of ether oxygens (including phenoxy) is 1. The number of carbonyl (C=O) groups is 1. The average Bonchev–Trinajstić information content (AvgIpc) is 3.14. The van der Waals surface area contributed by atoms with Gasteiger partial charge < -0.3 is 33.2 Å². The van der Waals surface area contributed by atoms with Crippen LogP contribution in [-0.2, 0) is 14.9 Å². The molecule has 0 N–H and O–H groups in total. The van der Waals surface area contributed by atoms with Crippen molar-refractivity contribution in [3.05, 3.63) is 35.9 Å². The average molecular weight is 459 g/mol. The maximum atomic E-state index is 12.9. The molecular weight excluding hydrogens is 425 g/mol. The maximum absolute atomic E-state index is 12.9. The molecule has 0 radical (unpaired) electrons. The summed E-state index contributed by atoms with van der Waals surface area (Å²) >= 11 is 0. The Morgan fingerprint density at radius 1 is 1.04 bits per heavy atom. The Hall–Kier alpha value is -0.620. The fourth-order valence-electron chi connectivity index (χ4n) is 4.19. The molecule has 0 heterocycles. The number of quaternary nitrogens is 1. The van der Waals surface area contributed by atoms with Crippen LogP contribution in [0.5, 0.6) is 0 Å². The van der Waals surface area contributed by atoms with E-state index in [0.29, 0.717) is 6.61 Å². The van der Waals surface area contributed by atoms with Gasteiger partial charge in [-0.05, 0) is 39.2 Å². The number of hydrogen-bond donors (Lipinski definition) is 0. The number of benzene rings is 1. The van der Waals surface area contributed by atoms with E-state index in [1.807, 2.05) is 18.2 Å². The van der Waals surface area contributed by atoms with E-state index in [1.165, 1.54) is 0 Å². The van der Waals surface area contributed by atoms with E-state index in [1.54, 1.807) is 0 Å². The number of halogens is 1. The molecule has 4 heteroatoms.